The summed E-state index contributed by atoms with van der Waals surface area (Å²) in [5, 5.41) is 0.171. The first kappa shape index (κ1) is 7.76. The summed E-state index contributed by atoms with van der Waals surface area (Å²) in [6.07, 6.45) is 3.97. The van der Waals surface area contributed by atoms with Crippen molar-refractivity contribution in [3.63, 3.8) is 0 Å². The van der Waals surface area contributed by atoms with Gasteiger partial charge in [-0.1, -0.05) is 6.08 Å². The lowest BCUT2D eigenvalue weighted by Crippen LogP contribution is -1.95. The quantitative estimate of drug-likeness (QED) is 0.346. The van der Waals surface area contributed by atoms with E-state index in [1.54, 1.807) is 6.08 Å². The van der Waals surface area contributed by atoms with Gasteiger partial charge in [-0.3, -0.25) is 0 Å². The van der Waals surface area contributed by atoms with Crippen molar-refractivity contribution < 1.29 is 4.79 Å². The molecule has 0 amide bonds. The Hall–Kier alpha value is -0.240. The van der Waals surface area contributed by atoms with Gasteiger partial charge in [-0.05, 0) is 6.42 Å². The van der Waals surface area contributed by atoms with E-state index < -0.39 is 0 Å². The van der Waals surface area contributed by atoms with Gasteiger partial charge >= 0.3 is 0 Å². The number of allylic oxidation sites excluding steroid dienone is 1. The fourth-order valence-electron chi connectivity index (χ4n) is 0.400. The van der Waals surface area contributed by atoms with E-state index in [9.17, 15) is 4.79 Å². The fourth-order valence-corrected chi connectivity index (χ4v) is 0.635. The van der Waals surface area contributed by atoms with Crippen molar-refractivity contribution in [2.45, 2.75) is 18.1 Å². The van der Waals surface area contributed by atoms with Crippen LogP contribution in [0.4, 0.5) is 0 Å². The number of carbonyl (C=O) groups is 1. The van der Waals surface area contributed by atoms with Crippen LogP contribution in [0.25, 0.3) is 0 Å². The molecular formula is C6H10OS. The summed E-state index contributed by atoms with van der Waals surface area (Å²) in [6, 6.07) is 0. The lowest BCUT2D eigenvalue weighted by Gasteiger charge is -1.98. The number of carbonyl (C=O) groups excluding carboxylic acids is 1. The minimum atomic E-state index is 0.171. The van der Waals surface area contributed by atoms with Gasteiger partial charge in [-0.25, -0.2) is 0 Å². The van der Waals surface area contributed by atoms with Crippen molar-refractivity contribution in [3.05, 3.63) is 12.7 Å². The van der Waals surface area contributed by atoms with Gasteiger partial charge < -0.3 is 4.79 Å². The zero-order chi connectivity index (χ0) is 6.41. The molecule has 0 aromatic rings. The minimum absolute atomic E-state index is 0.171. The van der Waals surface area contributed by atoms with Crippen molar-refractivity contribution in [2.24, 2.45) is 0 Å². The third-order valence-electron chi connectivity index (χ3n) is 0.807. The van der Waals surface area contributed by atoms with Gasteiger partial charge in [0.05, 0.1) is 0 Å². The Bertz CT molecular complexity index is 70.6. The molecule has 0 saturated heterocycles. The standard InChI is InChI=1S/C6H10OS/c1-2-3-6(8)4-5-7/h2,5-6,8H,1,3-4H2. The molecule has 0 N–H and O–H groups in total. The molecule has 0 aliphatic heterocycles. The average molecular weight is 130 g/mol. The molecule has 1 unspecified atom stereocenters. The summed E-state index contributed by atoms with van der Waals surface area (Å²) in [6.45, 7) is 3.52. The van der Waals surface area contributed by atoms with E-state index in [2.05, 4.69) is 19.2 Å². The Kier molecular flexibility index (Phi) is 4.76. The zero-order valence-corrected chi connectivity index (χ0v) is 5.60. The van der Waals surface area contributed by atoms with Crippen LogP contribution in [0.5, 0.6) is 0 Å². The summed E-state index contributed by atoms with van der Waals surface area (Å²) in [7, 11) is 0. The molecule has 1 atom stereocenters. The van der Waals surface area contributed by atoms with Gasteiger partial charge in [-0.15, -0.1) is 6.58 Å². The van der Waals surface area contributed by atoms with E-state index in [1.807, 2.05) is 0 Å². The molecule has 0 aliphatic rings. The molecule has 0 bridgehead atoms. The average Bonchev–Trinajstić information content (AvgIpc) is 1.68. The number of thiol groups is 1. The fraction of sp³-hybridized carbons (Fsp3) is 0.500. The highest BCUT2D eigenvalue weighted by atomic mass is 32.1. The van der Waals surface area contributed by atoms with Gasteiger partial charge in [0.25, 0.3) is 0 Å². The van der Waals surface area contributed by atoms with Crippen LogP contribution >= 0.6 is 12.6 Å². The molecule has 0 aliphatic carbocycles. The lowest BCUT2D eigenvalue weighted by molar-refractivity contribution is -0.107. The Morgan fingerprint density at radius 2 is 2.25 bits per heavy atom. The molecular weight excluding hydrogens is 120 g/mol. The second-order valence-electron chi connectivity index (χ2n) is 1.58. The van der Waals surface area contributed by atoms with E-state index in [0.29, 0.717) is 6.42 Å². The maximum atomic E-state index is 9.81. The SMILES string of the molecule is C=CCC(S)CC=O. The molecule has 0 fully saturated rings. The van der Waals surface area contributed by atoms with Gasteiger partial charge in [0.15, 0.2) is 0 Å². The van der Waals surface area contributed by atoms with Crippen molar-refractivity contribution in [1.82, 2.24) is 0 Å². The van der Waals surface area contributed by atoms with Crippen LogP contribution in [0.3, 0.4) is 0 Å². The number of hydrogen-bond donors (Lipinski definition) is 1. The van der Waals surface area contributed by atoms with Crippen LogP contribution in [0, 0.1) is 0 Å². The van der Waals surface area contributed by atoms with E-state index in [0.717, 1.165) is 12.7 Å². The third kappa shape index (κ3) is 3.93. The molecule has 2 heteroatoms. The van der Waals surface area contributed by atoms with E-state index in [4.69, 9.17) is 0 Å². The minimum Gasteiger partial charge on any atom is -0.303 e. The van der Waals surface area contributed by atoms with Crippen LogP contribution in [0.1, 0.15) is 12.8 Å². The lowest BCUT2D eigenvalue weighted by atomic mass is 10.2. The van der Waals surface area contributed by atoms with Crippen LogP contribution < -0.4 is 0 Å². The van der Waals surface area contributed by atoms with Crippen LogP contribution in [-0.4, -0.2) is 11.5 Å². The molecule has 0 saturated carbocycles. The highest BCUT2D eigenvalue weighted by Crippen LogP contribution is 2.03. The maximum Gasteiger partial charge on any atom is 0.121 e. The van der Waals surface area contributed by atoms with Crippen LogP contribution in [0.2, 0.25) is 0 Å². The second kappa shape index (κ2) is 4.91. The first-order valence-electron chi connectivity index (χ1n) is 2.54. The molecule has 0 radical (unpaired) electrons. The Balaban J connectivity index is 3.16. The highest BCUT2D eigenvalue weighted by molar-refractivity contribution is 7.81. The molecule has 0 heterocycles. The summed E-state index contributed by atoms with van der Waals surface area (Å²) in [5.74, 6) is 0. The normalized spacial score (nSPS) is 12.6. The largest absolute Gasteiger partial charge is 0.303 e. The van der Waals surface area contributed by atoms with Gasteiger partial charge in [0, 0.05) is 11.7 Å². The Morgan fingerprint density at radius 1 is 1.62 bits per heavy atom. The number of hydrogen-bond acceptors (Lipinski definition) is 2. The first-order chi connectivity index (χ1) is 3.81. The smallest absolute Gasteiger partial charge is 0.121 e. The number of rotatable bonds is 4. The third-order valence-corrected chi connectivity index (χ3v) is 1.23. The van der Waals surface area contributed by atoms with E-state index in [1.165, 1.54) is 0 Å². The monoisotopic (exact) mass is 130 g/mol. The van der Waals surface area contributed by atoms with Gasteiger partial charge in [-0.2, -0.15) is 12.6 Å². The predicted octanol–water partition coefficient (Wildman–Crippen LogP) is 1.45. The van der Waals surface area contributed by atoms with Crippen LogP contribution in [0.15, 0.2) is 12.7 Å². The van der Waals surface area contributed by atoms with Crippen LogP contribution in [-0.2, 0) is 4.79 Å². The molecule has 0 aromatic heterocycles. The molecule has 0 rings (SSSR count). The summed E-state index contributed by atoms with van der Waals surface area (Å²) < 4.78 is 0. The topological polar surface area (TPSA) is 17.1 Å². The van der Waals surface area contributed by atoms with E-state index >= 15 is 0 Å². The second-order valence-corrected chi connectivity index (χ2v) is 2.31. The summed E-state index contributed by atoms with van der Waals surface area (Å²) in [4.78, 5) is 9.81. The van der Waals surface area contributed by atoms with E-state index in [-0.39, 0.29) is 5.25 Å². The summed E-state index contributed by atoms with van der Waals surface area (Å²) in [5.41, 5.74) is 0. The molecule has 0 spiro atoms. The molecule has 0 aromatic carbocycles. The highest BCUT2D eigenvalue weighted by Gasteiger charge is 1.95. The molecule has 46 valence electrons. The molecule has 8 heavy (non-hydrogen) atoms. The first-order valence-corrected chi connectivity index (χ1v) is 3.05. The zero-order valence-electron chi connectivity index (χ0n) is 4.71. The van der Waals surface area contributed by atoms with Crippen molar-refractivity contribution in [1.29, 1.82) is 0 Å². The van der Waals surface area contributed by atoms with Crippen molar-refractivity contribution in [3.8, 4) is 0 Å². The van der Waals surface area contributed by atoms with Crippen molar-refractivity contribution in [2.75, 3.05) is 0 Å². The molecule has 1 nitrogen and oxygen atoms in total. The Labute approximate surface area is 55.2 Å². The summed E-state index contributed by atoms with van der Waals surface area (Å²) >= 11 is 4.09. The van der Waals surface area contributed by atoms with Gasteiger partial charge in [0.2, 0.25) is 0 Å². The van der Waals surface area contributed by atoms with Gasteiger partial charge in [0.1, 0.15) is 6.29 Å². The Morgan fingerprint density at radius 3 is 2.62 bits per heavy atom. The maximum absolute atomic E-state index is 9.81. The number of aldehydes is 1. The predicted molar refractivity (Wildman–Crippen MR) is 38.3 cm³/mol. The van der Waals surface area contributed by atoms with Crippen molar-refractivity contribution >= 4 is 18.9 Å².